The predicted molar refractivity (Wildman–Crippen MR) is 73.9 cm³/mol. The van der Waals surface area contributed by atoms with Crippen LogP contribution in [0.1, 0.15) is 30.6 Å². The number of benzene rings is 1. The molecule has 19 heavy (non-hydrogen) atoms. The summed E-state index contributed by atoms with van der Waals surface area (Å²) >= 11 is 4.05. The first kappa shape index (κ1) is 15.5. The molecule has 4 nitrogen and oxygen atoms in total. The molecule has 1 aromatic rings. The Morgan fingerprint density at radius 2 is 2.11 bits per heavy atom. The minimum Gasteiger partial charge on any atom is -0.354 e. The maximum absolute atomic E-state index is 13.5. The number of hydrogen-bond donors (Lipinski definition) is 3. The van der Waals surface area contributed by atoms with Gasteiger partial charge < -0.3 is 10.6 Å². The van der Waals surface area contributed by atoms with Gasteiger partial charge in [0.1, 0.15) is 11.9 Å². The normalized spacial score (nSPS) is 11.8. The topological polar surface area (TPSA) is 58.2 Å². The highest BCUT2D eigenvalue weighted by molar-refractivity contribution is 7.80. The molecule has 2 N–H and O–H groups in total. The van der Waals surface area contributed by atoms with Crippen LogP contribution in [0.15, 0.2) is 23.1 Å². The second-order valence-electron chi connectivity index (χ2n) is 4.15. The summed E-state index contributed by atoms with van der Waals surface area (Å²) in [5.74, 6) is -1.57. The molecule has 1 unspecified atom stereocenters. The molecule has 0 spiro atoms. The lowest BCUT2D eigenvalue weighted by Crippen LogP contribution is -2.45. The molecule has 0 saturated carbocycles. The molecule has 0 aliphatic rings. The Morgan fingerprint density at radius 1 is 1.42 bits per heavy atom. The molecule has 2 amide bonds. The van der Waals surface area contributed by atoms with E-state index in [4.69, 9.17) is 0 Å². The Morgan fingerprint density at radius 3 is 2.74 bits per heavy atom. The number of halogens is 1. The zero-order chi connectivity index (χ0) is 14.4. The number of thiol groups is 1. The molecular weight excluding hydrogens is 267 g/mol. The Bertz CT molecular complexity index is 480. The molecule has 0 bridgehead atoms. The number of hydrogen-bond acceptors (Lipinski definition) is 3. The van der Waals surface area contributed by atoms with Gasteiger partial charge in [-0.15, -0.1) is 12.6 Å². The molecule has 1 aromatic carbocycles. The van der Waals surface area contributed by atoms with E-state index in [1.165, 1.54) is 18.2 Å². The van der Waals surface area contributed by atoms with Gasteiger partial charge in [-0.25, -0.2) is 4.39 Å². The van der Waals surface area contributed by atoms with Crippen LogP contribution in [0.25, 0.3) is 0 Å². The van der Waals surface area contributed by atoms with Crippen LogP contribution in [0.4, 0.5) is 4.39 Å². The lowest BCUT2D eigenvalue weighted by molar-refractivity contribution is -0.122. The molecule has 0 aromatic heterocycles. The molecule has 1 atom stereocenters. The monoisotopic (exact) mass is 284 g/mol. The van der Waals surface area contributed by atoms with Crippen LogP contribution < -0.4 is 10.6 Å². The second kappa shape index (κ2) is 7.13. The third kappa shape index (κ3) is 4.55. The van der Waals surface area contributed by atoms with Crippen molar-refractivity contribution < 1.29 is 14.0 Å². The Balaban J connectivity index is 2.68. The summed E-state index contributed by atoms with van der Waals surface area (Å²) in [5, 5.41) is 5.10. The van der Waals surface area contributed by atoms with Gasteiger partial charge in [0.05, 0.1) is 5.56 Å². The van der Waals surface area contributed by atoms with Gasteiger partial charge >= 0.3 is 0 Å². The van der Waals surface area contributed by atoms with E-state index < -0.39 is 17.8 Å². The summed E-state index contributed by atoms with van der Waals surface area (Å²) in [5.41, 5.74) is -0.123. The molecule has 0 aliphatic heterocycles. The van der Waals surface area contributed by atoms with E-state index in [2.05, 4.69) is 23.3 Å². The maximum Gasteiger partial charge on any atom is 0.254 e. The Hall–Kier alpha value is -1.56. The molecule has 1 rings (SSSR count). The molecule has 6 heteroatoms. The van der Waals surface area contributed by atoms with Gasteiger partial charge in [0.2, 0.25) is 5.91 Å². The third-order valence-corrected chi connectivity index (χ3v) is 2.76. The molecule has 0 aliphatic carbocycles. The van der Waals surface area contributed by atoms with Crippen LogP contribution in [0.5, 0.6) is 0 Å². The van der Waals surface area contributed by atoms with Crippen molar-refractivity contribution in [2.24, 2.45) is 0 Å². The first-order valence-electron chi connectivity index (χ1n) is 6.02. The van der Waals surface area contributed by atoms with Gasteiger partial charge in [-0.3, -0.25) is 9.59 Å². The first-order valence-corrected chi connectivity index (χ1v) is 6.47. The summed E-state index contributed by atoms with van der Waals surface area (Å²) < 4.78 is 13.5. The fraction of sp³-hybridized carbons (Fsp3) is 0.385. The lowest BCUT2D eigenvalue weighted by Gasteiger charge is -2.14. The minimum atomic E-state index is -0.720. The third-order valence-electron chi connectivity index (χ3n) is 2.48. The van der Waals surface area contributed by atoms with E-state index in [0.29, 0.717) is 11.4 Å². The number of amides is 2. The summed E-state index contributed by atoms with van der Waals surface area (Å²) in [6.07, 6.45) is 0.808. The highest BCUT2D eigenvalue weighted by Crippen LogP contribution is 2.13. The van der Waals surface area contributed by atoms with Crippen molar-refractivity contribution in [3.05, 3.63) is 29.6 Å². The van der Waals surface area contributed by atoms with Crippen LogP contribution in [-0.4, -0.2) is 24.4 Å². The SMILES string of the molecule is CCCNC(=O)C(C)NC(=O)c1cc(S)ccc1F. The second-order valence-corrected chi connectivity index (χ2v) is 4.67. The minimum absolute atomic E-state index is 0.123. The van der Waals surface area contributed by atoms with Crippen molar-refractivity contribution in [3.63, 3.8) is 0 Å². The molecule has 0 fully saturated rings. The van der Waals surface area contributed by atoms with E-state index in [0.717, 1.165) is 6.42 Å². The van der Waals surface area contributed by atoms with E-state index in [9.17, 15) is 14.0 Å². The molecule has 0 heterocycles. The lowest BCUT2D eigenvalue weighted by atomic mass is 10.2. The van der Waals surface area contributed by atoms with Crippen LogP contribution in [0.3, 0.4) is 0 Å². The van der Waals surface area contributed by atoms with Gasteiger partial charge in [-0.05, 0) is 31.5 Å². The van der Waals surface area contributed by atoms with Crippen molar-refractivity contribution >= 4 is 24.4 Å². The van der Waals surface area contributed by atoms with Crippen molar-refractivity contribution in [2.45, 2.75) is 31.2 Å². The van der Waals surface area contributed by atoms with E-state index in [1.807, 2.05) is 6.92 Å². The van der Waals surface area contributed by atoms with Gasteiger partial charge in [0, 0.05) is 11.4 Å². The Labute approximate surface area is 117 Å². The first-order chi connectivity index (χ1) is 8.95. The number of carbonyl (C=O) groups is 2. The van der Waals surface area contributed by atoms with Crippen LogP contribution >= 0.6 is 12.6 Å². The van der Waals surface area contributed by atoms with Crippen molar-refractivity contribution in [1.29, 1.82) is 0 Å². The molecule has 104 valence electrons. The summed E-state index contributed by atoms with van der Waals surface area (Å²) in [6.45, 7) is 4.02. The molecule has 0 saturated heterocycles. The van der Waals surface area contributed by atoms with Crippen LogP contribution in [-0.2, 0) is 4.79 Å². The van der Waals surface area contributed by atoms with Gasteiger partial charge in [0.25, 0.3) is 5.91 Å². The van der Waals surface area contributed by atoms with Gasteiger partial charge in [0.15, 0.2) is 0 Å². The van der Waals surface area contributed by atoms with Crippen molar-refractivity contribution in [1.82, 2.24) is 10.6 Å². The van der Waals surface area contributed by atoms with E-state index >= 15 is 0 Å². The van der Waals surface area contributed by atoms with Crippen molar-refractivity contribution in [3.8, 4) is 0 Å². The van der Waals surface area contributed by atoms with E-state index in [-0.39, 0.29) is 11.5 Å². The average Bonchev–Trinajstić information content (AvgIpc) is 2.38. The smallest absolute Gasteiger partial charge is 0.254 e. The Kier molecular flexibility index (Phi) is 5.82. The summed E-state index contributed by atoms with van der Waals surface area (Å²) in [7, 11) is 0. The van der Waals surface area contributed by atoms with Crippen LogP contribution in [0.2, 0.25) is 0 Å². The van der Waals surface area contributed by atoms with Gasteiger partial charge in [-0.2, -0.15) is 0 Å². The molecule has 0 radical (unpaired) electrons. The highest BCUT2D eigenvalue weighted by atomic mass is 32.1. The van der Waals surface area contributed by atoms with Gasteiger partial charge in [-0.1, -0.05) is 6.92 Å². The maximum atomic E-state index is 13.5. The molecular formula is C13H17FN2O2S. The quantitative estimate of drug-likeness (QED) is 0.722. The fourth-order valence-electron chi connectivity index (χ4n) is 1.43. The number of nitrogens with one attached hydrogen (secondary N) is 2. The zero-order valence-electron chi connectivity index (χ0n) is 10.9. The summed E-state index contributed by atoms with van der Waals surface area (Å²) in [4.78, 5) is 23.9. The summed E-state index contributed by atoms with van der Waals surface area (Å²) in [6, 6.07) is 3.22. The fourth-order valence-corrected chi connectivity index (χ4v) is 1.63. The number of carbonyl (C=O) groups excluding carboxylic acids is 2. The standard InChI is InChI=1S/C13H17FN2O2S/c1-3-6-15-12(17)8(2)16-13(18)10-7-9(19)4-5-11(10)14/h4-5,7-8,19H,3,6H2,1-2H3,(H,15,17)(H,16,18). The number of rotatable bonds is 5. The van der Waals surface area contributed by atoms with E-state index in [1.54, 1.807) is 6.92 Å². The largest absolute Gasteiger partial charge is 0.354 e. The zero-order valence-corrected chi connectivity index (χ0v) is 11.8. The average molecular weight is 284 g/mol. The highest BCUT2D eigenvalue weighted by Gasteiger charge is 2.18. The van der Waals surface area contributed by atoms with Crippen molar-refractivity contribution in [2.75, 3.05) is 6.54 Å². The predicted octanol–water partition coefficient (Wildman–Crippen LogP) is 1.76. The van der Waals surface area contributed by atoms with Crippen LogP contribution in [0, 0.1) is 5.82 Å².